The van der Waals surface area contributed by atoms with E-state index in [4.69, 9.17) is 14.2 Å². The van der Waals surface area contributed by atoms with Crippen molar-refractivity contribution in [2.45, 2.75) is 98.3 Å². The number of carbonyl (C=O) groups excluding carboxylic acids is 4. The van der Waals surface area contributed by atoms with Crippen molar-refractivity contribution >= 4 is 36.2 Å². The number of nitrogens with one attached hydrogen (secondary N) is 1. The van der Waals surface area contributed by atoms with Crippen LogP contribution < -0.4 is 14.8 Å². The van der Waals surface area contributed by atoms with Crippen molar-refractivity contribution in [1.82, 2.24) is 10.2 Å². The average Bonchev–Trinajstić information content (AvgIpc) is 2.88. The van der Waals surface area contributed by atoms with E-state index in [-0.39, 0.29) is 42.2 Å². The zero-order valence-corrected chi connectivity index (χ0v) is 25.4. The fourth-order valence-corrected chi connectivity index (χ4v) is 5.02. The van der Waals surface area contributed by atoms with Gasteiger partial charge >= 0.3 is 17.9 Å². The molecule has 1 aromatic rings. The summed E-state index contributed by atoms with van der Waals surface area (Å²) >= 11 is 0. The Balaban J connectivity index is 0.00000560. The molecule has 40 heavy (non-hydrogen) atoms. The van der Waals surface area contributed by atoms with E-state index >= 15 is 0 Å². The molecule has 10 heteroatoms. The van der Waals surface area contributed by atoms with E-state index in [2.05, 4.69) is 10.2 Å². The number of esters is 3. The van der Waals surface area contributed by atoms with Gasteiger partial charge in [-0.25, -0.2) is 4.79 Å². The van der Waals surface area contributed by atoms with Crippen molar-refractivity contribution < 1.29 is 33.4 Å². The van der Waals surface area contributed by atoms with Crippen molar-refractivity contribution in [3.05, 3.63) is 23.8 Å². The van der Waals surface area contributed by atoms with E-state index in [1.807, 2.05) is 0 Å². The first-order valence-electron chi connectivity index (χ1n) is 14.3. The van der Waals surface area contributed by atoms with Gasteiger partial charge in [-0.1, -0.05) is 40.2 Å². The number of fused-ring (bicyclic) bond motifs is 1. The van der Waals surface area contributed by atoms with Gasteiger partial charge in [0, 0.05) is 23.9 Å². The molecule has 0 saturated carbocycles. The molecule has 0 aliphatic carbocycles. The quantitative estimate of drug-likeness (QED) is 0.319. The molecule has 0 radical (unpaired) electrons. The number of hydrogen-bond acceptors (Lipinski definition) is 8. The lowest BCUT2D eigenvalue weighted by Gasteiger charge is -2.42. The minimum atomic E-state index is -1.06. The summed E-state index contributed by atoms with van der Waals surface area (Å²) in [4.78, 5) is 54.1. The third-order valence-electron chi connectivity index (χ3n) is 7.26. The van der Waals surface area contributed by atoms with Crippen LogP contribution in [0.1, 0.15) is 79.2 Å². The van der Waals surface area contributed by atoms with Gasteiger partial charge in [-0.05, 0) is 64.8 Å². The number of benzene rings is 1. The predicted octanol–water partition coefficient (Wildman–Crippen LogP) is 4.47. The summed E-state index contributed by atoms with van der Waals surface area (Å²) in [6.45, 7) is 12.3. The Kier molecular flexibility index (Phi) is 12.9. The molecule has 0 aromatic heterocycles. The minimum Gasteiger partial charge on any atom is -0.461 e. The van der Waals surface area contributed by atoms with E-state index in [0.717, 1.165) is 32.4 Å². The van der Waals surface area contributed by atoms with E-state index < -0.39 is 41.9 Å². The zero-order chi connectivity index (χ0) is 28.7. The lowest BCUT2D eigenvalue weighted by atomic mass is 9.85. The highest BCUT2D eigenvalue weighted by Gasteiger charge is 2.36. The molecule has 1 N–H and O–H groups in total. The molecule has 3 atom stereocenters. The zero-order valence-electron chi connectivity index (χ0n) is 24.6. The second-order valence-electron chi connectivity index (χ2n) is 11.5. The van der Waals surface area contributed by atoms with Crippen LogP contribution in [0, 0.1) is 17.8 Å². The lowest BCUT2D eigenvalue weighted by Crippen LogP contribution is -2.51. The third kappa shape index (κ3) is 9.20. The highest BCUT2D eigenvalue weighted by atomic mass is 35.5. The van der Waals surface area contributed by atoms with Gasteiger partial charge in [0.2, 0.25) is 5.91 Å². The van der Waals surface area contributed by atoms with Gasteiger partial charge in [0.25, 0.3) is 0 Å². The molecule has 2 heterocycles. The lowest BCUT2D eigenvalue weighted by molar-refractivity contribution is -0.152. The Bertz CT molecular complexity index is 1000. The summed E-state index contributed by atoms with van der Waals surface area (Å²) in [5.74, 6) is -2.36. The number of hydrogen-bond donors (Lipinski definition) is 1. The van der Waals surface area contributed by atoms with Gasteiger partial charge in [-0.2, -0.15) is 0 Å². The van der Waals surface area contributed by atoms with Crippen LogP contribution in [0.2, 0.25) is 0 Å². The van der Waals surface area contributed by atoms with Crippen molar-refractivity contribution in [3.8, 4) is 11.5 Å². The van der Waals surface area contributed by atoms with Crippen molar-refractivity contribution in [2.24, 2.45) is 17.8 Å². The molecule has 224 valence electrons. The maximum Gasteiger partial charge on any atom is 0.329 e. The standard InChI is InChI=1S/C30H44N2O7.ClH/c1-18(2)28(34)38-25-11-9-12-26(39-29(35)19(3)4)23(25)17-24(30(36)37-20(5)6)31-27(33)21-13-15-32-14-8-7-10-22(32)16-21;/h9,11-12,18-22,24H,7-8,10,13-17H2,1-6H3,(H,31,33);1H/t21?,22?,24-;/m0./s1. The van der Waals surface area contributed by atoms with Gasteiger partial charge in [0.05, 0.1) is 17.9 Å². The first-order valence-corrected chi connectivity index (χ1v) is 14.3. The van der Waals surface area contributed by atoms with Crippen LogP contribution in [-0.2, 0) is 30.3 Å². The second kappa shape index (κ2) is 15.4. The van der Waals surface area contributed by atoms with Crippen LogP contribution in [0.25, 0.3) is 0 Å². The third-order valence-corrected chi connectivity index (χ3v) is 7.26. The van der Waals surface area contributed by atoms with E-state index in [0.29, 0.717) is 11.6 Å². The van der Waals surface area contributed by atoms with Crippen molar-refractivity contribution in [1.29, 1.82) is 0 Å². The molecule has 2 saturated heterocycles. The van der Waals surface area contributed by atoms with Gasteiger partial charge in [-0.15, -0.1) is 12.4 Å². The smallest absolute Gasteiger partial charge is 0.329 e. The molecular weight excluding hydrogens is 536 g/mol. The highest BCUT2D eigenvalue weighted by molar-refractivity contribution is 5.86. The second-order valence-corrected chi connectivity index (χ2v) is 11.5. The van der Waals surface area contributed by atoms with Gasteiger partial charge in [0.1, 0.15) is 17.5 Å². The van der Waals surface area contributed by atoms with E-state index in [9.17, 15) is 19.2 Å². The Hall–Kier alpha value is -2.65. The summed E-state index contributed by atoms with van der Waals surface area (Å²) in [6, 6.07) is 4.14. The molecule has 0 bridgehead atoms. The fraction of sp³-hybridized carbons (Fsp3) is 0.667. The summed E-state index contributed by atoms with van der Waals surface area (Å²) in [6.07, 6.45) is 4.48. The molecule has 2 unspecified atom stereocenters. The van der Waals surface area contributed by atoms with Crippen molar-refractivity contribution in [3.63, 3.8) is 0 Å². The normalized spacial score (nSPS) is 19.8. The van der Waals surface area contributed by atoms with E-state index in [1.165, 1.54) is 12.8 Å². The van der Waals surface area contributed by atoms with Crippen LogP contribution in [-0.4, -0.2) is 60.0 Å². The van der Waals surface area contributed by atoms with Crippen LogP contribution in [0.5, 0.6) is 11.5 Å². The predicted molar refractivity (Wildman–Crippen MR) is 153 cm³/mol. The SMILES string of the molecule is CC(C)OC(=O)[C@H](Cc1c(OC(=O)C(C)C)cccc1OC(=O)C(C)C)NC(=O)C1CCN2CCCCC2C1.Cl. The van der Waals surface area contributed by atoms with Crippen LogP contribution in [0.15, 0.2) is 18.2 Å². The first kappa shape index (κ1) is 33.6. The van der Waals surface area contributed by atoms with Gasteiger partial charge in [-0.3, -0.25) is 14.4 Å². The number of nitrogens with zero attached hydrogens (tertiary/aromatic N) is 1. The molecule has 3 rings (SSSR count). The Labute approximate surface area is 244 Å². The van der Waals surface area contributed by atoms with Gasteiger partial charge < -0.3 is 24.4 Å². The highest BCUT2D eigenvalue weighted by Crippen LogP contribution is 2.33. The van der Waals surface area contributed by atoms with Gasteiger partial charge in [0.15, 0.2) is 0 Å². The van der Waals surface area contributed by atoms with E-state index in [1.54, 1.807) is 59.7 Å². The van der Waals surface area contributed by atoms with Crippen molar-refractivity contribution in [2.75, 3.05) is 13.1 Å². The molecule has 1 amide bonds. The van der Waals surface area contributed by atoms with Crippen LogP contribution >= 0.6 is 12.4 Å². The molecule has 2 aliphatic heterocycles. The molecule has 9 nitrogen and oxygen atoms in total. The number of halogens is 1. The number of rotatable bonds is 10. The van der Waals surface area contributed by atoms with Crippen LogP contribution in [0.3, 0.4) is 0 Å². The number of ether oxygens (including phenoxy) is 3. The summed E-state index contributed by atoms with van der Waals surface area (Å²) in [5.41, 5.74) is 0.341. The minimum absolute atomic E-state index is 0. The Morgan fingerprint density at radius 1 is 0.875 bits per heavy atom. The molecule has 2 fully saturated rings. The molecule has 2 aliphatic rings. The van der Waals surface area contributed by atoms with Crippen LogP contribution in [0.4, 0.5) is 0 Å². The summed E-state index contributed by atoms with van der Waals surface area (Å²) in [5, 5.41) is 2.93. The maximum absolute atomic E-state index is 13.5. The first-order chi connectivity index (χ1) is 18.5. The molecule has 1 aromatic carbocycles. The monoisotopic (exact) mass is 580 g/mol. The fourth-order valence-electron chi connectivity index (χ4n) is 5.02. The number of amides is 1. The Morgan fingerprint density at radius 3 is 2.02 bits per heavy atom. The topological polar surface area (TPSA) is 111 Å². The summed E-state index contributed by atoms with van der Waals surface area (Å²) in [7, 11) is 0. The summed E-state index contributed by atoms with van der Waals surface area (Å²) < 4.78 is 16.8. The Morgan fingerprint density at radius 2 is 1.48 bits per heavy atom. The molecule has 0 spiro atoms. The molecular formula is C30H45ClN2O7. The maximum atomic E-state index is 13.5. The average molecular weight is 581 g/mol. The largest absolute Gasteiger partial charge is 0.461 e. The number of carbonyl (C=O) groups is 4. The number of piperidine rings is 2.